The number of ether oxygens (including phenoxy) is 1. The van der Waals surface area contributed by atoms with Gasteiger partial charge >= 0.3 is 6.09 Å². The lowest BCUT2D eigenvalue weighted by atomic mass is 10.0. The fraction of sp³-hybridized carbons (Fsp3) is 0.545. The number of hydrogen-bond acceptors (Lipinski definition) is 8. The van der Waals surface area contributed by atoms with Gasteiger partial charge in [-0.3, -0.25) is 9.88 Å². The summed E-state index contributed by atoms with van der Waals surface area (Å²) in [7, 11) is -2.69. The Morgan fingerprint density at radius 1 is 1.38 bits per heavy atom. The van der Waals surface area contributed by atoms with Gasteiger partial charge in [-0.05, 0) is 45.1 Å². The van der Waals surface area contributed by atoms with Gasteiger partial charge in [0.2, 0.25) is 0 Å². The predicted molar refractivity (Wildman–Crippen MR) is 128 cm³/mol. The molecule has 0 saturated heterocycles. The molecule has 0 spiro atoms. The van der Waals surface area contributed by atoms with E-state index in [4.69, 9.17) is 9.52 Å². The molecule has 3 aromatic heterocycles. The number of fused-ring (bicyclic) bond motifs is 1. The Kier molecular flexibility index (Phi) is 5.70. The van der Waals surface area contributed by atoms with Gasteiger partial charge < -0.3 is 15.4 Å². The molecule has 3 aromatic rings. The van der Waals surface area contributed by atoms with E-state index in [0.717, 1.165) is 43.3 Å². The van der Waals surface area contributed by atoms with Crippen LogP contribution in [0.15, 0.2) is 24.5 Å². The summed E-state index contributed by atoms with van der Waals surface area (Å²) in [4.78, 5) is 16.5. The average molecular weight is 487 g/mol. The van der Waals surface area contributed by atoms with Crippen LogP contribution in [0, 0.1) is 4.78 Å². The molecule has 1 amide bonds. The van der Waals surface area contributed by atoms with Gasteiger partial charge in [-0.2, -0.15) is 10.2 Å². The lowest BCUT2D eigenvalue weighted by Crippen LogP contribution is -2.36. The van der Waals surface area contributed by atoms with Crippen molar-refractivity contribution in [3.8, 4) is 0 Å². The molecule has 2 aliphatic carbocycles. The first kappa shape index (κ1) is 22.6. The third-order valence-electron chi connectivity index (χ3n) is 6.63. The number of amides is 1. The number of H-pyrrole nitrogens is 1. The van der Waals surface area contributed by atoms with E-state index >= 15 is 0 Å². The highest BCUT2D eigenvalue weighted by atomic mass is 32.2. The number of nitrogens with zero attached hydrogens (tertiary/aromatic N) is 4. The van der Waals surface area contributed by atoms with Gasteiger partial charge in [0.1, 0.15) is 11.6 Å². The smallest absolute Gasteiger partial charge is 0.407 e. The van der Waals surface area contributed by atoms with E-state index in [1.165, 1.54) is 0 Å². The van der Waals surface area contributed by atoms with Crippen molar-refractivity contribution < 1.29 is 13.7 Å². The SMILES string of the molecule is CCS(=N)(=O)Cc1cc2c(Nc3cc([C@H]4CC[C@@H](OC(=O)NC5(C)CC5)C4)[nH]n3)nccn2n1. The normalized spacial score (nSPS) is 22.9. The number of aromatic nitrogens is 5. The Hall–Kier alpha value is -3.15. The fourth-order valence-corrected chi connectivity index (χ4v) is 5.10. The van der Waals surface area contributed by atoms with E-state index < -0.39 is 9.73 Å². The molecular weight excluding hydrogens is 456 g/mol. The molecule has 2 aliphatic rings. The van der Waals surface area contributed by atoms with Crippen molar-refractivity contribution in [2.24, 2.45) is 0 Å². The molecule has 11 nitrogen and oxygen atoms in total. The highest BCUT2D eigenvalue weighted by Crippen LogP contribution is 2.37. The summed E-state index contributed by atoms with van der Waals surface area (Å²) >= 11 is 0. The second kappa shape index (κ2) is 8.57. The van der Waals surface area contributed by atoms with Gasteiger partial charge in [-0.1, -0.05) is 6.92 Å². The van der Waals surface area contributed by atoms with Crippen LogP contribution >= 0.6 is 0 Å². The lowest BCUT2D eigenvalue weighted by Gasteiger charge is -2.16. The molecule has 34 heavy (non-hydrogen) atoms. The van der Waals surface area contributed by atoms with Crippen molar-refractivity contribution in [1.29, 1.82) is 4.78 Å². The molecule has 0 aliphatic heterocycles. The molecule has 2 saturated carbocycles. The first-order valence-electron chi connectivity index (χ1n) is 11.6. The maximum Gasteiger partial charge on any atom is 0.407 e. The van der Waals surface area contributed by atoms with Crippen LogP contribution in [0.3, 0.4) is 0 Å². The molecule has 182 valence electrons. The van der Waals surface area contributed by atoms with Crippen molar-refractivity contribution in [1.82, 2.24) is 30.1 Å². The van der Waals surface area contributed by atoms with Gasteiger partial charge in [0.05, 0.1) is 11.4 Å². The first-order valence-corrected chi connectivity index (χ1v) is 13.5. The summed E-state index contributed by atoms with van der Waals surface area (Å²) in [5.41, 5.74) is 2.22. The van der Waals surface area contributed by atoms with Crippen LogP contribution in [0.5, 0.6) is 0 Å². The molecule has 4 N–H and O–H groups in total. The quantitative estimate of drug-likeness (QED) is 0.379. The molecule has 2 fully saturated rings. The molecule has 5 rings (SSSR count). The van der Waals surface area contributed by atoms with Crippen molar-refractivity contribution in [2.75, 3.05) is 11.1 Å². The number of aromatic amines is 1. The molecule has 0 aromatic carbocycles. The van der Waals surface area contributed by atoms with Gasteiger partial charge in [-0.25, -0.2) is 18.5 Å². The zero-order valence-corrected chi connectivity index (χ0v) is 20.2. The topological polar surface area (TPSA) is 150 Å². The van der Waals surface area contributed by atoms with Gasteiger partial charge in [-0.15, -0.1) is 0 Å². The van der Waals surface area contributed by atoms with E-state index in [0.29, 0.717) is 17.3 Å². The monoisotopic (exact) mass is 486 g/mol. The minimum absolute atomic E-state index is 0.0807. The van der Waals surface area contributed by atoms with Crippen LogP contribution in [-0.2, 0) is 20.2 Å². The van der Waals surface area contributed by atoms with E-state index in [9.17, 15) is 9.00 Å². The largest absolute Gasteiger partial charge is 0.446 e. The second-order valence-corrected chi connectivity index (χ2v) is 12.0. The standard InChI is InChI=1S/C22H30N8O3S/c1-3-34(23,32)13-15-11-18-20(24-8-9-30(18)29-15)25-19-12-17(27-28-19)14-4-5-16(10-14)33-21(31)26-22(2)6-7-22/h8-9,11-12,14,16,23H,3-7,10,13H2,1-2H3,(H,26,31)(H2,24,25,27,28)/t14-,16+,34?/m0/s1. The van der Waals surface area contributed by atoms with Crippen molar-refractivity contribution >= 4 is 33.0 Å². The minimum atomic E-state index is -2.69. The Labute approximate surface area is 198 Å². The molecule has 3 atom stereocenters. The van der Waals surface area contributed by atoms with Gasteiger partial charge in [0.15, 0.2) is 11.6 Å². The van der Waals surface area contributed by atoms with Crippen LogP contribution in [0.1, 0.15) is 63.3 Å². The van der Waals surface area contributed by atoms with Crippen LogP contribution in [-0.4, -0.2) is 52.5 Å². The molecule has 12 heteroatoms. The second-order valence-electron chi connectivity index (χ2n) is 9.54. The van der Waals surface area contributed by atoms with Crippen molar-refractivity contribution in [3.63, 3.8) is 0 Å². The molecule has 0 radical (unpaired) electrons. The summed E-state index contributed by atoms with van der Waals surface area (Å²) < 4.78 is 27.4. The number of rotatable bonds is 8. The van der Waals surface area contributed by atoms with Gasteiger partial charge in [0.25, 0.3) is 0 Å². The minimum Gasteiger partial charge on any atom is -0.446 e. The number of alkyl carbamates (subject to hydrolysis) is 1. The molecule has 1 unspecified atom stereocenters. The van der Waals surface area contributed by atoms with E-state index in [2.05, 4.69) is 30.9 Å². The Balaban J connectivity index is 1.23. The lowest BCUT2D eigenvalue weighted by molar-refractivity contribution is 0.0967. The number of nitrogens with one attached hydrogen (secondary N) is 4. The average Bonchev–Trinajstić information content (AvgIpc) is 3.20. The van der Waals surface area contributed by atoms with Crippen LogP contribution in [0.25, 0.3) is 5.52 Å². The summed E-state index contributed by atoms with van der Waals surface area (Å²) in [6, 6.07) is 3.76. The maximum atomic E-state index is 12.2. The summed E-state index contributed by atoms with van der Waals surface area (Å²) in [6.07, 6.45) is 7.45. The first-order chi connectivity index (χ1) is 16.2. The third kappa shape index (κ3) is 5.01. The molecule has 3 heterocycles. The molecular formula is C22H30N8O3S. The fourth-order valence-electron chi connectivity index (χ4n) is 4.28. The van der Waals surface area contributed by atoms with E-state index in [1.54, 1.807) is 29.9 Å². The van der Waals surface area contributed by atoms with Crippen molar-refractivity contribution in [3.05, 3.63) is 35.9 Å². The van der Waals surface area contributed by atoms with E-state index in [-0.39, 0.29) is 35.2 Å². The Morgan fingerprint density at radius 3 is 2.97 bits per heavy atom. The van der Waals surface area contributed by atoms with Crippen LogP contribution in [0.2, 0.25) is 0 Å². The van der Waals surface area contributed by atoms with Crippen LogP contribution in [0.4, 0.5) is 16.4 Å². The molecule has 0 bridgehead atoms. The maximum absolute atomic E-state index is 12.2. The zero-order valence-electron chi connectivity index (χ0n) is 19.3. The highest BCUT2D eigenvalue weighted by molar-refractivity contribution is 7.91. The third-order valence-corrected chi connectivity index (χ3v) is 8.33. The number of anilines is 2. The summed E-state index contributed by atoms with van der Waals surface area (Å²) in [5, 5.41) is 18.1. The predicted octanol–water partition coefficient (Wildman–Crippen LogP) is 3.68. The zero-order chi connectivity index (χ0) is 23.9. The summed E-state index contributed by atoms with van der Waals surface area (Å²) in [5.74, 6) is 1.84. The Morgan fingerprint density at radius 2 is 2.21 bits per heavy atom. The highest BCUT2D eigenvalue weighted by Gasteiger charge is 2.40. The number of carbonyl (C=O) groups excluding carboxylic acids is 1. The Bertz CT molecular complexity index is 1310. The van der Waals surface area contributed by atoms with Crippen molar-refractivity contribution in [2.45, 2.75) is 69.3 Å². The number of carbonyl (C=O) groups is 1. The van der Waals surface area contributed by atoms with Crippen LogP contribution < -0.4 is 10.6 Å². The van der Waals surface area contributed by atoms with Gasteiger partial charge in [0, 0.05) is 51.1 Å². The summed E-state index contributed by atoms with van der Waals surface area (Å²) in [6.45, 7) is 3.78. The number of hydrogen-bond donors (Lipinski definition) is 4. The van der Waals surface area contributed by atoms with E-state index in [1.807, 2.05) is 13.0 Å².